The molecule has 3 unspecified atom stereocenters. The number of carbonyl (C=O) groups is 2. The van der Waals surface area contributed by atoms with Crippen molar-refractivity contribution in [1.82, 2.24) is 10.3 Å². The van der Waals surface area contributed by atoms with Crippen LogP contribution in [0.1, 0.15) is 37.7 Å². The van der Waals surface area contributed by atoms with Crippen LogP contribution in [0.2, 0.25) is 0 Å². The minimum Gasteiger partial charge on any atom is -0.480 e. The van der Waals surface area contributed by atoms with E-state index in [-0.39, 0.29) is 12.8 Å². The molecule has 2 aromatic rings. The van der Waals surface area contributed by atoms with Crippen molar-refractivity contribution in [2.45, 2.75) is 50.9 Å². The summed E-state index contributed by atoms with van der Waals surface area (Å²) >= 11 is 0. The topological polar surface area (TPSA) is 118 Å². The summed E-state index contributed by atoms with van der Waals surface area (Å²) < 4.78 is 5.42. The zero-order chi connectivity index (χ0) is 22.1. The zero-order valence-electron chi connectivity index (χ0n) is 17.5. The summed E-state index contributed by atoms with van der Waals surface area (Å²) in [6.45, 7) is 0.994. The molecule has 1 amide bonds. The molecule has 3 rings (SSSR count). The summed E-state index contributed by atoms with van der Waals surface area (Å²) in [7, 11) is 0. The van der Waals surface area contributed by atoms with Gasteiger partial charge in [-0.1, -0.05) is 43.2 Å². The van der Waals surface area contributed by atoms with Gasteiger partial charge in [0.1, 0.15) is 18.8 Å². The molecule has 0 radical (unpaired) electrons. The molecule has 1 aliphatic heterocycles. The Kier molecular flexibility index (Phi) is 8.23. The summed E-state index contributed by atoms with van der Waals surface area (Å²) in [5.41, 5.74) is 7.54. The average molecular weight is 427 g/mol. The molecule has 1 aromatic carbocycles. The first-order valence-electron chi connectivity index (χ1n) is 10.6. The molecule has 0 spiro atoms. The number of alkyl carbamates (subject to hydrolysis) is 1. The van der Waals surface area contributed by atoms with Gasteiger partial charge in [0, 0.05) is 24.6 Å². The van der Waals surface area contributed by atoms with E-state index in [4.69, 9.17) is 15.6 Å². The van der Waals surface area contributed by atoms with Crippen LogP contribution in [0.15, 0.2) is 54.9 Å². The van der Waals surface area contributed by atoms with Gasteiger partial charge in [0.25, 0.3) is 0 Å². The third-order valence-corrected chi connectivity index (χ3v) is 5.65. The fraction of sp³-hybridized carbons (Fsp3) is 0.435. The minimum absolute atomic E-state index is 0.211. The number of anilines is 1. The van der Waals surface area contributed by atoms with Crippen LogP contribution < -0.4 is 16.0 Å². The normalized spacial score (nSPS) is 19.5. The van der Waals surface area contributed by atoms with Crippen molar-refractivity contribution in [2.75, 3.05) is 11.4 Å². The highest BCUT2D eigenvalue weighted by Gasteiger charge is 2.30. The highest BCUT2D eigenvalue weighted by molar-refractivity contribution is 5.72. The maximum Gasteiger partial charge on any atom is 0.409 e. The summed E-state index contributed by atoms with van der Waals surface area (Å²) in [4.78, 5) is 29.6. The van der Waals surface area contributed by atoms with Gasteiger partial charge < -0.3 is 25.8 Å². The number of nitrogens with zero attached hydrogens (tertiary/aromatic N) is 2. The number of aliphatic carboxylic acids is 1. The second-order valence-corrected chi connectivity index (χ2v) is 7.89. The summed E-state index contributed by atoms with van der Waals surface area (Å²) in [5, 5.41) is 12.0. The first-order valence-corrected chi connectivity index (χ1v) is 10.6. The predicted molar refractivity (Wildman–Crippen MR) is 117 cm³/mol. The number of nitrogens with one attached hydrogen (secondary N) is 1. The highest BCUT2D eigenvalue weighted by atomic mass is 16.5. The number of carboxylic acid groups (broad SMARTS) is 1. The number of benzene rings is 1. The number of ether oxygens (including phenoxy) is 1. The fourth-order valence-corrected chi connectivity index (χ4v) is 3.93. The second kappa shape index (κ2) is 11.3. The third-order valence-electron chi connectivity index (χ3n) is 5.65. The number of carboxylic acids is 1. The molecular weight excluding hydrogens is 396 g/mol. The highest BCUT2D eigenvalue weighted by Crippen LogP contribution is 2.30. The van der Waals surface area contributed by atoms with E-state index in [1.54, 1.807) is 12.4 Å². The van der Waals surface area contributed by atoms with Crippen molar-refractivity contribution in [3.63, 3.8) is 0 Å². The quantitative estimate of drug-likeness (QED) is 0.564. The molecule has 4 N–H and O–H groups in total. The number of hydrogen-bond acceptors (Lipinski definition) is 6. The van der Waals surface area contributed by atoms with E-state index in [1.807, 2.05) is 42.5 Å². The molecule has 0 aliphatic carbocycles. The maximum atomic E-state index is 12.5. The van der Waals surface area contributed by atoms with Crippen LogP contribution in [0.4, 0.5) is 10.5 Å². The number of rotatable bonds is 9. The van der Waals surface area contributed by atoms with Gasteiger partial charge in [-0.25, -0.2) is 4.79 Å². The number of piperidine rings is 1. The van der Waals surface area contributed by atoms with Gasteiger partial charge in [0.05, 0.1) is 0 Å². The first-order chi connectivity index (χ1) is 15.0. The lowest BCUT2D eigenvalue weighted by Gasteiger charge is -2.41. The summed E-state index contributed by atoms with van der Waals surface area (Å²) in [6, 6.07) is 12.6. The first kappa shape index (κ1) is 22.6. The molecule has 8 nitrogen and oxygen atoms in total. The lowest BCUT2D eigenvalue weighted by Crippen LogP contribution is -2.53. The van der Waals surface area contributed by atoms with Crippen LogP contribution >= 0.6 is 0 Å². The minimum atomic E-state index is -0.965. The van der Waals surface area contributed by atoms with Gasteiger partial charge in [-0.05, 0) is 42.9 Å². The van der Waals surface area contributed by atoms with E-state index < -0.39 is 18.1 Å². The smallest absolute Gasteiger partial charge is 0.409 e. The molecule has 0 saturated carbocycles. The van der Waals surface area contributed by atoms with Gasteiger partial charge in [0.15, 0.2) is 0 Å². The van der Waals surface area contributed by atoms with E-state index in [0.29, 0.717) is 12.3 Å². The Morgan fingerprint density at radius 1 is 1.23 bits per heavy atom. The number of carbonyl (C=O) groups excluding carboxylic acids is 1. The number of amides is 1. The monoisotopic (exact) mass is 426 g/mol. The molecule has 8 heteroatoms. The van der Waals surface area contributed by atoms with Gasteiger partial charge >= 0.3 is 12.1 Å². The SMILES string of the molecule is NC(CCCC1CCN(c2ccncc2)C(NC(=O)OCc2ccccc2)C1)C(=O)O. The number of hydrogen-bond donors (Lipinski definition) is 3. The van der Waals surface area contributed by atoms with Crippen LogP contribution in [-0.2, 0) is 16.1 Å². The van der Waals surface area contributed by atoms with Crippen molar-refractivity contribution >= 4 is 17.7 Å². The number of nitrogens with two attached hydrogens (primary N) is 1. The molecule has 1 aromatic heterocycles. The maximum absolute atomic E-state index is 12.5. The Balaban J connectivity index is 1.58. The summed E-state index contributed by atoms with van der Waals surface area (Å²) in [6.07, 6.45) is 6.60. The number of pyridine rings is 1. The zero-order valence-corrected chi connectivity index (χ0v) is 17.5. The predicted octanol–water partition coefficient (Wildman–Crippen LogP) is 3.13. The van der Waals surface area contributed by atoms with Gasteiger partial charge in [-0.2, -0.15) is 0 Å². The van der Waals surface area contributed by atoms with E-state index in [9.17, 15) is 9.59 Å². The van der Waals surface area contributed by atoms with Gasteiger partial charge in [-0.15, -0.1) is 0 Å². The van der Waals surface area contributed by atoms with Crippen LogP contribution in [-0.4, -0.2) is 40.9 Å². The van der Waals surface area contributed by atoms with E-state index in [0.717, 1.165) is 43.5 Å². The van der Waals surface area contributed by atoms with Gasteiger partial charge in [0.2, 0.25) is 0 Å². The van der Waals surface area contributed by atoms with E-state index >= 15 is 0 Å². The Bertz CT molecular complexity index is 834. The van der Waals surface area contributed by atoms with Crippen LogP contribution in [0.5, 0.6) is 0 Å². The molecular formula is C23H30N4O4. The Hall–Kier alpha value is -3.13. The van der Waals surface area contributed by atoms with Crippen molar-refractivity contribution in [1.29, 1.82) is 0 Å². The molecule has 3 atom stereocenters. The van der Waals surface area contributed by atoms with Crippen molar-refractivity contribution in [2.24, 2.45) is 11.7 Å². The van der Waals surface area contributed by atoms with Crippen LogP contribution in [0.25, 0.3) is 0 Å². The van der Waals surface area contributed by atoms with E-state index in [1.165, 1.54) is 0 Å². The van der Waals surface area contributed by atoms with Gasteiger partial charge in [-0.3, -0.25) is 9.78 Å². The van der Waals surface area contributed by atoms with Crippen molar-refractivity contribution < 1.29 is 19.4 Å². The Morgan fingerprint density at radius 2 is 1.97 bits per heavy atom. The fourth-order valence-electron chi connectivity index (χ4n) is 3.93. The lowest BCUT2D eigenvalue weighted by atomic mass is 9.88. The van der Waals surface area contributed by atoms with Crippen molar-refractivity contribution in [3.05, 3.63) is 60.4 Å². The molecule has 1 aliphatic rings. The van der Waals surface area contributed by atoms with Crippen LogP contribution in [0, 0.1) is 5.92 Å². The molecule has 1 saturated heterocycles. The largest absolute Gasteiger partial charge is 0.480 e. The lowest BCUT2D eigenvalue weighted by molar-refractivity contribution is -0.138. The Morgan fingerprint density at radius 3 is 2.68 bits per heavy atom. The molecule has 1 fully saturated rings. The standard InChI is InChI=1S/C23H30N4O4/c24-20(22(28)29)8-4-7-17-11-14-27(19-9-12-25-13-10-19)21(15-17)26-23(30)31-16-18-5-2-1-3-6-18/h1-3,5-6,9-10,12-13,17,20-21H,4,7-8,11,14-16,24H2,(H,26,30)(H,28,29). The molecule has 0 bridgehead atoms. The molecule has 2 heterocycles. The second-order valence-electron chi connectivity index (χ2n) is 7.89. The molecule has 166 valence electrons. The summed E-state index contributed by atoms with van der Waals surface area (Å²) in [5.74, 6) is -0.591. The third kappa shape index (κ3) is 6.96. The van der Waals surface area contributed by atoms with Crippen LogP contribution in [0.3, 0.4) is 0 Å². The average Bonchev–Trinajstić information content (AvgIpc) is 2.79. The molecule has 31 heavy (non-hydrogen) atoms. The van der Waals surface area contributed by atoms with E-state index in [2.05, 4.69) is 15.2 Å². The van der Waals surface area contributed by atoms with Crippen molar-refractivity contribution in [3.8, 4) is 0 Å². The number of aromatic nitrogens is 1. The Labute approximate surface area is 182 Å².